The zero-order valence-corrected chi connectivity index (χ0v) is 12.0. The zero-order chi connectivity index (χ0) is 14.8. The van der Waals surface area contributed by atoms with Gasteiger partial charge in [0.15, 0.2) is 0 Å². The number of nitrogens with zero attached hydrogens (tertiary/aromatic N) is 2. The Labute approximate surface area is 117 Å². The van der Waals surface area contributed by atoms with Gasteiger partial charge in [-0.2, -0.15) is 4.31 Å². The fourth-order valence-corrected chi connectivity index (χ4v) is 3.59. The fraction of sp³-hybridized carbons (Fsp3) is 0.500. The molecule has 0 aromatic carbocycles. The zero-order valence-electron chi connectivity index (χ0n) is 11.2. The highest BCUT2D eigenvalue weighted by Gasteiger charge is 2.27. The van der Waals surface area contributed by atoms with Gasteiger partial charge in [0.05, 0.1) is 4.90 Å². The van der Waals surface area contributed by atoms with Gasteiger partial charge in [-0.3, -0.25) is 9.59 Å². The van der Waals surface area contributed by atoms with E-state index < -0.39 is 10.0 Å². The Kier molecular flexibility index (Phi) is 4.24. The predicted molar refractivity (Wildman–Crippen MR) is 72.7 cm³/mol. The van der Waals surface area contributed by atoms with Gasteiger partial charge in [0.25, 0.3) is 0 Å². The second-order valence-electron chi connectivity index (χ2n) is 4.65. The number of aromatic amines is 1. The van der Waals surface area contributed by atoms with Crippen LogP contribution in [0.4, 0.5) is 0 Å². The van der Waals surface area contributed by atoms with E-state index in [4.69, 9.17) is 0 Å². The van der Waals surface area contributed by atoms with Gasteiger partial charge < -0.3 is 9.88 Å². The summed E-state index contributed by atoms with van der Waals surface area (Å²) in [6.07, 6.45) is 1.80. The summed E-state index contributed by atoms with van der Waals surface area (Å²) in [5, 5.41) is 0. The molecule has 1 aliphatic heterocycles. The molecule has 0 aliphatic carbocycles. The number of amides is 1. The van der Waals surface area contributed by atoms with E-state index in [0.29, 0.717) is 26.1 Å². The van der Waals surface area contributed by atoms with Gasteiger partial charge >= 0.3 is 0 Å². The summed E-state index contributed by atoms with van der Waals surface area (Å²) in [5.74, 6) is -0.0479. The Hall–Kier alpha value is -1.67. The molecule has 0 saturated carbocycles. The molecule has 0 bridgehead atoms. The minimum Gasteiger partial charge on any atom is -0.342 e. The molecule has 0 radical (unpaired) electrons. The molecule has 1 aliphatic rings. The molecule has 0 spiro atoms. The maximum Gasteiger partial charge on any atom is 0.247 e. The van der Waals surface area contributed by atoms with Gasteiger partial charge in [0.1, 0.15) is 0 Å². The van der Waals surface area contributed by atoms with E-state index in [9.17, 15) is 18.0 Å². The summed E-state index contributed by atoms with van der Waals surface area (Å²) < 4.78 is 26.2. The number of rotatable bonds is 2. The Bertz CT molecular complexity index is 632. The van der Waals surface area contributed by atoms with Crippen LogP contribution in [0.2, 0.25) is 0 Å². The molecule has 7 nitrogen and oxygen atoms in total. The first kappa shape index (κ1) is 14.7. The van der Waals surface area contributed by atoms with Gasteiger partial charge in [-0.15, -0.1) is 0 Å². The summed E-state index contributed by atoms with van der Waals surface area (Å²) in [5.41, 5.74) is -0.345. The average molecular weight is 299 g/mol. The summed E-state index contributed by atoms with van der Waals surface area (Å²) in [6.45, 7) is 3.06. The lowest BCUT2D eigenvalue weighted by molar-refractivity contribution is -0.128. The molecular formula is C12H17N3O4S. The third-order valence-corrected chi connectivity index (χ3v) is 5.19. The Balaban J connectivity index is 2.20. The van der Waals surface area contributed by atoms with Crippen LogP contribution in [0.3, 0.4) is 0 Å². The van der Waals surface area contributed by atoms with E-state index >= 15 is 0 Å². The van der Waals surface area contributed by atoms with Crippen molar-refractivity contribution in [3.05, 3.63) is 28.7 Å². The van der Waals surface area contributed by atoms with Gasteiger partial charge in [0, 0.05) is 45.4 Å². The normalized spacial score (nSPS) is 17.8. The van der Waals surface area contributed by atoms with Gasteiger partial charge in [-0.1, -0.05) is 0 Å². The van der Waals surface area contributed by atoms with Crippen molar-refractivity contribution in [2.45, 2.75) is 18.2 Å². The van der Waals surface area contributed by atoms with Crippen LogP contribution in [0.25, 0.3) is 0 Å². The molecule has 1 amide bonds. The molecule has 20 heavy (non-hydrogen) atoms. The maximum absolute atomic E-state index is 12.4. The van der Waals surface area contributed by atoms with E-state index in [0.717, 1.165) is 0 Å². The van der Waals surface area contributed by atoms with E-state index in [1.165, 1.54) is 29.6 Å². The number of carbonyl (C=O) groups excluding carboxylic acids is 1. The average Bonchev–Trinajstić information content (AvgIpc) is 2.65. The second kappa shape index (κ2) is 5.76. The molecule has 1 fully saturated rings. The van der Waals surface area contributed by atoms with Crippen LogP contribution in [0, 0.1) is 0 Å². The predicted octanol–water partition coefficient (Wildman–Crippen LogP) is -0.382. The Morgan fingerprint density at radius 1 is 1.20 bits per heavy atom. The van der Waals surface area contributed by atoms with Crippen LogP contribution in [0.1, 0.15) is 13.3 Å². The molecule has 8 heteroatoms. The molecular weight excluding hydrogens is 282 g/mol. The number of nitrogens with one attached hydrogen (secondary N) is 1. The van der Waals surface area contributed by atoms with Crippen molar-refractivity contribution in [3.63, 3.8) is 0 Å². The first-order chi connectivity index (χ1) is 9.41. The molecule has 110 valence electrons. The molecule has 1 N–H and O–H groups in total. The molecule has 2 heterocycles. The van der Waals surface area contributed by atoms with Crippen LogP contribution >= 0.6 is 0 Å². The minimum atomic E-state index is -3.63. The fourth-order valence-electron chi connectivity index (χ4n) is 2.15. The van der Waals surface area contributed by atoms with Gasteiger partial charge in [-0.25, -0.2) is 8.42 Å². The highest BCUT2D eigenvalue weighted by Crippen LogP contribution is 2.16. The van der Waals surface area contributed by atoms with Crippen molar-refractivity contribution in [2.75, 3.05) is 26.2 Å². The Morgan fingerprint density at radius 2 is 1.95 bits per heavy atom. The highest BCUT2D eigenvalue weighted by molar-refractivity contribution is 7.89. The smallest absolute Gasteiger partial charge is 0.247 e. The summed E-state index contributed by atoms with van der Waals surface area (Å²) in [6, 6.07) is 2.48. The van der Waals surface area contributed by atoms with Crippen molar-refractivity contribution in [3.8, 4) is 0 Å². The van der Waals surface area contributed by atoms with Crippen LogP contribution in [0.15, 0.2) is 28.0 Å². The quantitative estimate of drug-likeness (QED) is 0.806. The molecule has 1 aromatic heterocycles. The molecule has 1 saturated heterocycles. The molecule has 2 rings (SSSR count). The van der Waals surface area contributed by atoms with E-state index in [1.54, 1.807) is 4.90 Å². The maximum atomic E-state index is 12.4. The monoisotopic (exact) mass is 299 g/mol. The van der Waals surface area contributed by atoms with Crippen molar-refractivity contribution in [2.24, 2.45) is 0 Å². The van der Waals surface area contributed by atoms with E-state index in [-0.39, 0.29) is 22.9 Å². The number of H-pyrrole nitrogens is 1. The third kappa shape index (κ3) is 3.07. The molecule has 1 aromatic rings. The van der Waals surface area contributed by atoms with Crippen molar-refractivity contribution < 1.29 is 13.2 Å². The van der Waals surface area contributed by atoms with Gasteiger partial charge in [0.2, 0.25) is 21.5 Å². The standard InChI is InChI=1S/C12H17N3O4S/c1-10(16)14-5-2-6-15(8-7-14)20(18,19)11-3-4-12(17)13-9-11/h3-4,9H,2,5-8H2,1H3,(H,13,17). The summed E-state index contributed by atoms with van der Waals surface area (Å²) in [4.78, 5) is 26.4. The van der Waals surface area contributed by atoms with Gasteiger partial charge in [-0.05, 0) is 12.5 Å². The lowest BCUT2D eigenvalue weighted by Gasteiger charge is -2.20. The number of carbonyl (C=O) groups is 1. The lowest BCUT2D eigenvalue weighted by Crippen LogP contribution is -2.36. The first-order valence-electron chi connectivity index (χ1n) is 6.35. The number of pyridine rings is 1. The van der Waals surface area contributed by atoms with E-state index in [1.807, 2.05) is 0 Å². The van der Waals surface area contributed by atoms with Crippen LogP contribution in [0.5, 0.6) is 0 Å². The third-order valence-electron chi connectivity index (χ3n) is 3.29. The highest BCUT2D eigenvalue weighted by atomic mass is 32.2. The van der Waals surface area contributed by atoms with Crippen LogP contribution < -0.4 is 5.56 Å². The first-order valence-corrected chi connectivity index (χ1v) is 7.79. The minimum absolute atomic E-state index is 0.0479. The second-order valence-corrected chi connectivity index (χ2v) is 6.59. The van der Waals surface area contributed by atoms with Crippen LogP contribution in [-0.4, -0.2) is 54.7 Å². The SMILES string of the molecule is CC(=O)N1CCCN(S(=O)(=O)c2ccc(=O)[nH]c2)CC1. The number of hydrogen-bond acceptors (Lipinski definition) is 4. The topological polar surface area (TPSA) is 90.6 Å². The van der Waals surface area contributed by atoms with Crippen molar-refractivity contribution in [1.82, 2.24) is 14.2 Å². The van der Waals surface area contributed by atoms with Crippen molar-refractivity contribution >= 4 is 15.9 Å². The summed E-state index contributed by atoms with van der Waals surface area (Å²) in [7, 11) is -3.63. The van der Waals surface area contributed by atoms with Crippen molar-refractivity contribution in [1.29, 1.82) is 0 Å². The Morgan fingerprint density at radius 3 is 2.55 bits per heavy atom. The number of sulfonamides is 1. The number of aromatic nitrogens is 1. The summed E-state index contributed by atoms with van der Waals surface area (Å²) >= 11 is 0. The largest absolute Gasteiger partial charge is 0.342 e. The molecule has 0 atom stereocenters. The van der Waals surface area contributed by atoms with E-state index in [2.05, 4.69) is 4.98 Å². The van der Waals surface area contributed by atoms with Crippen LogP contribution in [-0.2, 0) is 14.8 Å². The lowest BCUT2D eigenvalue weighted by atomic mass is 10.4. The molecule has 0 unspecified atom stereocenters. The number of hydrogen-bond donors (Lipinski definition) is 1.